The lowest BCUT2D eigenvalue weighted by molar-refractivity contribution is 0.167. The summed E-state index contributed by atoms with van der Waals surface area (Å²) in [6, 6.07) is 6.10. The minimum atomic E-state index is -0.353. The van der Waals surface area contributed by atoms with Crippen molar-refractivity contribution in [3.8, 4) is 0 Å². The molecule has 0 spiro atoms. The van der Waals surface area contributed by atoms with Gasteiger partial charge in [-0.25, -0.2) is 0 Å². The van der Waals surface area contributed by atoms with E-state index < -0.39 is 0 Å². The van der Waals surface area contributed by atoms with Gasteiger partial charge in [0.15, 0.2) is 0 Å². The molecule has 1 aromatic carbocycles. The van der Waals surface area contributed by atoms with Crippen LogP contribution in [0.25, 0.3) is 0 Å². The quantitative estimate of drug-likeness (QED) is 0.722. The molecule has 1 aromatic rings. The predicted octanol–water partition coefficient (Wildman–Crippen LogP) is 3.30. The molecule has 14 heavy (non-hydrogen) atoms. The van der Waals surface area contributed by atoms with Crippen molar-refractivity contribution in [1.29, 1.82) is 0 Å². The smallest absolute Gasteiger partial charge is 0.0798 e. The third-order valence-corrected chi connectivity index (χ3v) is 2.52. The van der Waals surface area contributed by atoms with Gasteiger partial charge in [0.1, 0.15) is 0 Å². The number of aryl methyl sites for hydroxylation is 2. The molecule has 0 fully saturated rings. The molecule has 1 nitrogen and oxygen atoms in total. The number of benzene rings is 1. The first kappa shape index (κ1) is 11.0. The maximum Gasteiger partial charge on any atom is 0.0798 e. The van der Waals surface area contributed by atoms with Gasteiger partial charge in [-0.2, -0.15) is 0 Å². The molecule has 1 rings (SSSR count). The van der Waals surface area contributed by atoms with E-state index >= 15 is 0 Å². The van der Waals surface area contributed by atoms with Crippen molar-refractivity contribution in [3.63, 3.8) is 0 Å². The average molecular weight is 190 g/mol. The van der Waals surface area contributed by atoms with E-state index in [0.717, 1.165) is 18.4 Å². The first-order valence-corrected chi connectivity index (χ1v) is 5.02. The third-order valence-electron chi connectivity index (χ3n) is 2.52. The van der Waals surface area contributed by atoms with Gasteiger partial charge >= 0.3 is 0 Å². The first-order valence-electron chi connectivity index (χ1n) is 5.02. The second-order valence-corrected chi connectivity index (χ2v) is 3.69. The normalized spacial score (nSPS) is 12.5. The Labute approximate surface area is 86.1 Å². The Hall–Kier alpha value is -1.08. The molecule has 0 amide bonds. The molecule has 0 saturated carbocycles. The van der Waals surface area contributed by atoms with Gasteiger partial charge in [-0.3, -0.25) is 0 Å². The Bertz CT molecular complexity index is 295. The van der Waals surface area contributed by atoms with Crippen LogP contribution in [0.1, 0.15) is 35.6 Å². The molecule has 0 bridgehead atoms. The van der Waals surface area contributed by atoms with Crippen molar-refractivity contribution in [2.75, 3.05) is 0 Å². The number of aliphatic hydroxyl groups excluding tert-OH is 1. The van der Waals surface area contributed by atoms with Crippen molar-refractivity contribution in [1.82, 2.24) is 0 Å². The van der Waals surface area contributed by atoms with Crippen LogP contribution in [0.2, 0.25) is 0 Å². The standard InChI is InChI=1S/C13H18O/c1-4-5-9-12(14)13-10(2)7-6-8-11(13)3/h4,6-8,12,14H,1,5,9H2,2-3H3. The van der Waals surface area contributed by atoms with Gasteiger partial charge in [0, 0.05) is 0 Å². The largest absolute Gasteiger partial charge is 0.388 e. The van der Waals surface area contributed by atoms with Gasteiger partial charge < -0.3 is 5.11 Å². The summed E-state index contributed by atoms with van der Waals surface area (Å²) in [5, 5.41) is 9.97. The summed E-state index contributed by atoms with van der Waals surface area (Å²) in [6.07, 6.45) is 3.11. The molecule has 1 N–H and O–H groups in total. The fraction of sp³-hybridized carbons (Fsp3) is 0.385. The highest BCUT2D eigenvalue weighted by Crippen LogP contribution is 2.25. The SMILES string of the molecule is C=CCCC(O)c1c(C)cccc1C. The Morgan fingerprint density at radius 1 is 1.36 bits per heavy atom. The van der Waals surface area contributed by atoms with Crippen LogP contribution < -0.4 is 0 Å². The second kappa shape index (κ2) is 4.97. The van der Waals surface area contributed by atoms with Crippen LogP contribution in [0, 0.1) is 13.8 Å². The lowest BCUT2D eigenvalue weighted by Crippen LogP contribution is -2.02. The zero-order chi connectivity index (χ0) is 10.6. The van der Waals surface area contributed by atoms with Crippen LogP contribution in [0.15, 0.2) is 30.9 Å². The van der Waals surface area contributed by atoms with Crippen LogP contribution in [0.3, 0.4) is 0 Å². The van der Waals surface area contributed by atoms with E-state index in [-0.39, 0.29) is 6.10 Å². The summed E-state index contributed by atoms with van der Waals surface area (Å²) >= 11 is 0. The van der Waals surface area contributed by atoms with Crippen LogP contribution in [-0.2, 0) is 0 Å². The highest BCUT2D eigenvalue weighted by molar-refractivity contribution is 5.35. The van der Waals surface area contributed by atoms with E-state index in [1.165, 1.54) is 11.1 Å². The monoisotopic (exact) mass is 190 g/mol. The third kappa shape index (κ3) is 2.46. The summed E-state index contributed by atoms with van der Waals surface area (Å²) < 4.78 is 0. The van der Waals surface area contributed by atoms with E-state index in [1.807, 2.05) is 38.1 Å². The fourth-order valence-electron chi connectivity index (χ4n) is 1.77. The van der Waals surface area contributed by atoms with Gasteiger partial charge in [0.05, 0.1) is 6.10 Å². The van der Waals surface area contributed by atoms with Crippen molar-refractivity contribution >= 4 is 0 Å². The van der Waals surface area contributed by atoms with Gasteiger partial charge in [-0.1, -0.05) is 24.3 Å². The Morgan fingerprint density at radius 2 is 1.93 bits per heavy atom. The lowest BCUT2D eigenvalue weighted by Gasteiger charge is -2.15. The van der Waals surface area contributed by atoms with E-state index in [9.17, 15) is 5.11 Å². The molecule has 76 valence electrons. The lowest BCUT2D eigenvalue weighted by atomic mass is 9.95. The van der Waals surface area contributed by atoms with E-state index in [1.54, 1.807) is 0 Å². The van der Waals surface area contributed by atoms with Crippen LogP contribution in [0.5, 0.6) is 0 Å². The second-order valence-electron chi connectivity index (χ2n) is 3.69. The molecular formula is C13H18O. The summed E-state index contributed by atoms with van der Waals surface area (Å²) in [5.74, 6) is 0. The number of allylic oxidation sites excluding steroid dienone is 1. The summed E-state index contributed by atoms with van der Waals surface area (Å²) in [4.78, 5) is 0. The molecule has 0 aliphatic rings. The fourth-order valence-corrected chi connectivity index (χ4v) is 1.77. The van der Waals surface area contributed by atoms with Crippen molar-refractivity contribution in [2.24, 2.45) is 0 Å². The first-order chi connectivity index (χ1) is 6.66. The van der Waals surface area contributed by atoms with Crippen molar-refractivity contribution in [3.05, 3.63) is 47.5 Å². The molecule has 0 saturated heterocycles. The number of hydrogen-bond donors (Lipinski definition) is 1. The molecule has 0 aromatic heterocycles. The molecule has 1 heteroatoms. The predicted molar refractivity (Wildman–Crippen MR) is 60.3 cm³/mol. The molecule has 0 radical (unpaired) electrons. The average Bonchev–Trinajstić information content (AvgIpc) is 2.14. The van der Waals surface area contributed by atoms with Gasteiger partial charge in [-0.05, 0) is 43.4 Å². The van der Waals surface area contributed by atoms with E-state index in [0.29, 0.717) is 0 Å². The van der Waals surface area contributed by atoms with Crippen LogP contribution in [0.4, 0.5) is 0 Å². The maximum absolute atomic E-state index is 9.97. The molecule has 1 atom stereocenters. The van der Waals surface area contributed by atoms with Crippen LogP contribution >= 0.6 is 0 Å². The van der Waals surface area contributed by atoms with Crippen molar-refractivity contribution < 1.29 is 5.11 Å². The highest BCUT2D eigenvalue weighted by Gasteiger charge is 2.11. The zero-order valence-corrected chi connectivity index (χ0v) is 8.96. The van der Waals surface area contributed by atoms with E-state index in [4.69, 9.17) is 0 Å². The number of aliphatic hydroxyl groups is 1. The van der Waals surface area contributed by atoms with Crippen LogP contribution in [-0.4, -0.2) is 5.11 Å². The van der Waals surface area contributed by atoms with Gasteiger partial charge in [0.25, 0.3) is 0 Å². The summed E-state index contributed by atoms with van der Waals surface area (Å²) in [7, 11) is 0. The Balaban J connectivity index is 2.87. The minimum Gasteiger partial charge on any atom is -0.388 e. The highest BCUT2D eigenvalue weighted by atomic mass is 16.3. The van der Waals surface area contributed by atoms with Gasteiger partial charge in [-0.15, -0.1) is 6.58 Å². The Morgan fingerprint density at radius 3 is 2.43 bits per heavy atom. The topological polar surface area (TPSA) is 20.2 Å². The van der Waals surface area contributed by atoms with Crippen molar-refractivity contribution in [2.45, 2.75) is 32.8 Å². The molecule has 1 unspecified atom stereocenters. The minimum absolute atomic E-state index is 0.353. The zero-order valence-electron chi connectivity index (χ0n) is 8.96. The molecular weight excluding hydrogens is 172 g/mol. The summed E-state index contributed by atoms with van der Waals surface area (Å²) in [5.41, 5.74) is 3.41. The van der Waals surface area contributed by atoms with Gasteiger partial charge in [0.2, 0.25) is 0 Å². The molecule has 0 aliphatic carbocycles. The molecule has 0 aliphatic heterocycles. The summed E-state index contributed by atoms with van der Waals surface area (Å²) in [6.45, 7) is 7.74. The number of hydrogen-bond acceptors (Lipinski definition) is 1. The Kier molecular flexibility index (Phi) is 3.90. The molecule has 0 heterocycles. The van der Waals surface area contributed by atoms with E-state index in [2.05, 4.69) is 6.58 Å². The number of rotatable bonds is 4. The maximum atomic E-state index is 9.97.